The van der Waals surface area contributed by atoms with Crippen molar-refractivity contribution in [2.24, 2.45) is 0 Å². The van der Waals surface area contributed by atoms with Gasteiger partial charge in [0.15, 0.2) is 5.82 Å². The molecule has 2 aromatic rings. The van der Waals surface area contributed by atoms with E-state index in [1.807, 2.05) is 24.3 Å². The molecule has 0 saturated heterocycles. The van der Waals surface area contributed by atoms with Crippen LogP contribution in [0.2, 0.25) is 0 Å². The number of hydrogen-bond acceptors (Lipinski definition) is 5. The Balaban J connectivity index is 2.22. The first-order valence-corrected chi connectivity index (χ1v) is 6.22. The van der Waals surface area contributed by atoms with Crippen LogP contribution in [0.15, 0.2) is 24.3 Å². The van der Waals surface area contributed by atoms with Crippen LogP contribution in [0.4, 0.5) is 0 Å². The molecule has 0 aliphatic carbocycles. The van der Waals surface area contributed by atoms with E-state index in [1.54, 1.807) is 18.7 Å². The summed E-state index contributed by atoms with van der Waals surface area (Å²) < 4.78 is 6.83. The molecule has 0 spiro atoms. The summed E-state index contributed by atoms with van der Waals surface area (Å²) in [6.07, 6.45) is 0.463. The van der Waals surface area contributed by atoms with Crippen LogP contribution < -0.4 is 4.74 Å². The maximum Gasteiger partial charge on any atom is 0.305 e. The number of carbonyl (C=O) groups is 1. The molecule has 1 heterocycles. The second kappa shape index (κ2) is 6.14. The second-order valence-electron chi connectivity index (χ2n) is 4.48. The summed E-state index contributed by atoms with van der Waals surface area (Å²) in [7, 11) is 1.61. The van der Waals surface area contributed by atoms with Crippen LogP contribution >= 0.6 is 0 Å². The highest BCUT2D eigenvalue weighted by atomic mass is 16.5. The van der Waals surface area contributed by atoms with Gasteiger partial charge in [0.1, 0.15) is 5.75 Å². The Morgan fingerprint density at radius 2 is 2.20 bits per heavy atom. The number of carboxylic acids is 1. The fourth-order valence-corrected chi connectivity index (χ4v) is 2.03. The standard InChI is InChI=1S/C13H16N4O3/c1-9(7-13(18)19)17-12(14-15-16-17)8-10-5-3-4-6-11(10)20-2/h3-6,9H,7-8H2,1-2H3,(H,18,19). The molecule has 0 fully saturated rings. The lowest BCUT2D eigenvalue weighted by molar-refractivity contribution is -0.137. The molecule has 1 aromatic heterocycles. The lowest BCUT2D eigenvalue weighted by Crippen LogP contribution is -2.15. The van der Waals surface area contributed by atoms with Crippen molar-refractivity contribution in [3.8, 4) is 5.75 Å². The van der Waals surface area contributed by atoms with Gasteiger partial charge < -0.3 is 9.84 Å². The Morgan fingerprint density at radius 3 is 2.90 bits per heavy atom. The van der Waals surface area contributed by atoms with Crippen molar-refractivity contribution in [1.82, 2.24) is 20.2 Å². The molecule has 1 aromatic carbocycles. The van der Waals surface area contributed by atoms with E-state index in [0.29, 0.717) is 12.2 Å². The number of para-hydroxylation sites is 1. The second-order valence-corrected chi connectivity index (χ2v) is 4.48. The van der Waals surface area contributed by atoms with Crippen LogP contribution in [0.3, 0.4) is 0 Å². The Morgan fingerprint density at radius 1 is 1.45 bits per heavy atom. The number of hydrogen-bond donors (Lipinski definition) is 1. The van der Waals surface area contributed by atoms with Crippen LogP contribution in [-0.4, -0.2) is 38.4 Å². The predicted molar refractivity (Wildman–Crippen MR) is 70.6 cm³/mol. The van der Waals surface area contributed by atoms with Gasteiger partial charge in [-0.15, -0.1) is 5.10 Å². The average Bonchev–Trinajstić information content (AvgIpc) is 2.87. The molecule has 106 valence electrons. The maximum absolute atomic E-state index is 10.8. The van der Waals surface area contributed by atoms with Crippen molar-refractivity contribution >= 4 is 5.97 Å². The highest BCUT2D eigenvalue weighted by Crippen LogP contribution is 2.21. The van der Waals surface area contributed by atoms with Crippen LogP contribution in [0.25, 0.3) is 0 Å². The molecule has 0 saturated carbocycles. The summed E-state index contributed by atoms with van der Waals surface area (Å²) in [6.45, 7) is 1.77. The number of nitrogens with zero attached hydrogens (tertiary/aromatic N) is 4. The molecule has 2 rings (SSSR count). The molecular formula is C13H16N4O3. The molecule has 20 heavy (non-hydrogen) atoms. The molecule has 0 aliphatic heterocycles. The van der Waals surface area contributed by atoms with Gasteiger partial charge in [-0.3, -0.25) is 4.79 Å². The molecule has 1 unspecified atom stereocenters. The minimum atomic E-state index is -0.878. The summed E-state index contributed by atoms with van der Waals surface area (Å²) in [6, 6.07) is 7.29. The zero-order valence-electron chi connectivity index (χ0n) is 11.4. The summed E-state index contributed by atoms with van der Waals surface area (Å²) in [5, 5.41) is 20.3. The first kappa shape index (κ1) is 14.0. The average molecular weight is 276 g/mol. The molecular weight excluding hydrogens is 260 g/mol. The number of aromatic nitrogens is 4. The third kappa shape index (κ3) is 3.11. The molecule has 7 heteroatoms. The van der Waals surface area contributed by atoms with Crippen molar-refractivity contribution in [1.29, 1.82) is 0 Å². The van der Waals surface area contributed by atoms with Gasteiger partial charge in [-0.05, 0) is 23.4 Å². The summed E-state index contributed by atoms with van der Waals surface area (Å²) in [5.74, 6) is 0.493. The lowest BCUT2D eigenvalue weighted by atomic mass is 10.1. The van der Waals surface area contributed by atoms with Gasteiger partial charge in [-0.25, -0.2) is 4.68 Å². The number of carboxylic acid groups (broad SMARTS) is 1. The first-order chi connectivity index (χ1) is 9.61. The van der Waals surface area contributed by atoms with Crippen LogP contribution in [0, 0.1) is 0 Å². The SMILES string of the molecule is COc1ccccc1Cc1nnnn1C(C)CC(=O)O. The Bertz CT molecular complexity index is 597. The third-order valence-corrected chi connectivity index (χ3v) is 2.99. The van der Waals surface area contributed by atoms with E-state index in [9.17, 15) is 4.79 Å². The molecule has 1 N–H and O–H groups in total. The van der Waals surface area contributed by atoms with E-state index in [2.05, 4.69) is 15.5 Å². The van der Waals surface area contributed by atoms with Crippen molar-refractivity contribution in [2.75, 3.05) is 7.11 Å². The summed E-state index contributed by atoms with van der Waals surface area (Å²) >= 11 is 0. The largest absolute Gasteiger partial charge is 0.496 e. The number of tetrazole rings is 1. The molecule has 1 atom stereocenters. The predicted octanol–water partition coefficient (Wildman–Crippen LogP) is 1.31. The number of ether oxygens (including phenoxy) is 1. The molecule has 0 amide bonds. The van der Waals surface area contributed by atoms with Crippen molar-refractivity contribution in [3.05, 3.63) is 35.7 Å². The van der Waals surface area contributed by atoms with Gasteiger partial charge >= 0.3 is 5.97 Å². The van der Waals surface area contributed by atoms with Crippen molar-refractivity contribution in [2.45, 2.75) is 25.8 Å². The normalized spacial score (nSPS) is 12.1. The van der Waals surface area contributed by atoms with E-state index in [-0.39, 0.29) is 12.5 Å². The Hall–Kier alpha value is -2.44. The van der Waals surface area contributed by atoms with E-state index >= 15 is 0 Å². The molecule has 0 bridgehead atoms. The van der Waals surface area contributed by atoms with Crippen LogP contribution in [-0.2, 0) is 11.2 Å². The fraction of sp³-hybridized carbons (Fsp3) is 0.385. The Labute approximate surface area is 116 Å². The quantitative estimate of drug-likeness (QED) is 0.855. The third-order valence-electron chi connectivity index (χ3n) is 2.99. The molecule has 0 radical (unpaired) electrons. The van der Waals surface area contributed by atoms with Crippen LogP contribution in [0.1, 0.15) is 30.8 Å². The van der Waals surface area contributed by atoms with E-state index < -0.39 is 5.97 Å². The minimum Gasteiger partial charge on any atom is -0.496 e. The van der Waals surface area contributed by atoms with Gasteiger partial charge in [-0.1, -0.05) is 18.2 Å². The van der Waals surface area contributed by atoms with Crippen LogP contribution in [0.5, 0.6) is 5.75 Å². The summed E-state index contributed by atoms with van der Waals surface area (Å²) in [4.78, 5) is 10.8. The highest BCUT2D eigenvalue weighted by molar-refractivity contribution is 5.67. The number of rotatable bonds is 6. The van der Waals surface area contributed by atoms with Crippen molar-refractivity contribution in [3.63, 3.8) is 0 Å². The zero-order valence-corrected chi connectivity index (χ0v) is 11.4. The van der Waals surface area contributed by atoms with E-state index in [4.69, 9.17) is 9.84 Å². The fourth-order valence-electron chi connectivity index (χ4n) is 2.03. The van der Waals surface area contributed by atoms with E-state index in [1.165, 1.54) is 0 Å². The zero-order chi connectivity index (χ0) is 14.5. The van der Waals surface area contributed by atoms with Gasteiger partial charge in [0, 0.05) is 12.0 Å². The number of benzene rings is 1. The number of aliphatic carboxylic acids is 1. The van der Waals surface area contributed by atoms with E-state index in [0.717, 1.165) is 11.3 Å². The van der Waals surface area contributed by atoms with Gasteiger partial charge in [0.05, 0.1) is 19.6 Å². The Kier molecular flexibility index (Phi) is 4.29. The highest BCUT2D eigenvalue weighted by Gasteiger charge is 2.17. The van der Waals surface area contributed by atoms with Gasteiger partial charge in [0.2, 0.25) is 0 Å². The smallest absolute Gasteiger partial charge is 0.305 e. The monoisotopic (exact) mass is 276 g/mol. The van der Waals surface area contributed by atoms with Gasteiger partial charge in [-0.2, -0.15) is 0 Å². The first-order valence-electron chi connectivity index (χ1n) is 6.22. The maximum atomic E-state index is 10.8. The number of methoxy groups -OCH3 is 1. The van der Waals surface area contributed by atoms with Gasteiger partial charge in [0.25, 0.3) is 0 Å². The topological polar surface area (TPSA) is 90.1 Å². The molecule has 0 aliphatic rings. The summed E-state index contributed by atoms with van der Waals surface area (Å²) in [5.41, 5.74) is 0.952. The minimum absolute atomic E-state index is 0.0238. The lowest BCUT2D eigenvalue weighted by Gasteiger charge is -2.12. The molecule has 7 nitrogen and oxygen atoms in total. The van der Waals surface area contributed by atoms with Crippen molar-refractivity contribution < 1.29 is 14.6 Å².